The molecule has 0 heterocycles. The molecule has 0 spiro atoms. The molecule has 1 N–H and O–H groups in total. The Morgan fingerprint density at radius 3 is 1.16 bits per heavy atom. The monoisotopic (exact) mass is 1050 g/mol. The highest BCUT2D eigenvalue weighted by molar-refractivity contribution is 7.45. The number of quaternary nitrogens is 1. The molecule has 0 rings (SSSR count). The lowest BCUT2D eigenvalue weighted by Crippen LogP contribution is -2.47. The van der Waals surface area contributed by atoms with Crippen molar-refractivity contribution in [3.8, 4) is 0 Å². The topological polar surface area (TPSA) is 114 Å². The molecule has 0 aliphatic rings. The third kappa shape index (κ3) is 55.1. The van der Waals surface area contributed by atoms with Crippen LogP contribution in [0.2, 0.25) is 0 Å². The lowest BCUT2D eigenvalue weighted by atomic mass is 10.0. The summed E-state index contributed by atoms with van der Waals surface area (Å²) >= 11 is 0. The van der Waals surface area contributed by atoms with Gasteiger partial charge < -0.3 is 28.5 Å². The molecule has 3 unspecified atom stereocenters. The largest absolute Gasteiger partial charge is 0.756 e. The number of unbranched alkanes of at least 4 members (excludes halogenated alkanes) is 40. The summed E-state index contributed by atoms with van der Waals surface area (Å²) in [6, 6.07) is -0.880. The second-order valence-corrected chi connectivity index (χ2v) is 24.3. The Bertz CT molecular complexity index is 1300. The summed E-state index contributed by atoms with van der Waals surface area (Å²) < 4.78 is 30.3. The zero-order valence-electron chi connectivity index (χ0n) is 49.4. The van der Waals surface area contributed by atoms with Crippen LogP contribution < -0.4 is 10.2 Å². The first-order chi connectivity index (χ1) is 35.4. The summed E-state index contributed by atoms with van der Waals surface area (Å²) in [6.07, 6.45) is 63.0. The molecule has 0 fully saturated rings. The van der Waals surface area contributed by atoms with Crippen molar-refractivity contribution in [3.05, 3.63) is 24.3 Å². The molecule has 432 valence electrons. The summed E-state index contributed by atoms with van der Waals surface area (Å²) in [5, 5.41) is 3.02. The van der Waals surface area contributed by atoms with Gasteiger partial charge >= 0.3 is 5.97 Å². The van der Waals surface area contributed by atoms with Crippen molar-refractivity contribution in [3.63, 3.8) is 0 Å². The van der Waals surface area contributed by atoms with Crippen LogP contribution in [-0.4, -0.2) is 69.4 Å². The smallest absolute Gasteiger partial charge is 0.306 e. The van der Waals surface area contributed by atoms with Gasteiger partial charge in [-0.2, -0.15) is 0 Å². The standard InChI is InChI=1S/C63H123N2O7P/c1-7-10-13-16-19-22-25-26-27-28-29-30-31-32-33-34-35-36-37-38-41-44-47-50-53-56-63(67)72-61(54-51-48-45-42-39-23-20-17-14-11-8-2)60(59-71-73(68,69)70-58-57-65(4,5)6)64-62(66)55-52-49-46-43-40-24-21-18-15-12-9-3/h26-27,51,54,60-61H,7-25,28-50,52-53,55-59H2,1-6H3,(H-,64,66,68,69)/b27-26+,54-51-. The zero-order valence-corrected chi connectivity index (χ0v) is 50.3. The van der Waals surface area contributed by atoms with Gasteiger partial charge in [-0.1, -0.05) is 270 Å². The molecule has 0 saturated carbocycles. The van der Waals surface area contributed by atoms with E-state index in [1.54, 1.807) is 0 Å². The van der Waals surface area contributed by atoms with E-state index in [4.69, 9.17) is 13.8 Å². The Balaban J connectivity index is 4.98. The van der Waals surface area contributed by atoms with Crippen LogP contribution in [-0.2, 0) is 27.9 Å². The molecule has 10 heteroatoms. The summed E-state index contributed by atoms with van der Waals surface area (Å²) in [6.45, 7) is 6.86. The molecule has 0 aromatic rings. The molecule has 9 nitrogen and oxygen atoms in total. The summed E-state index contributed by atoms with van der Waals surface area (Å²) in [4.78, 5) is 39.9. The van der Waals surface area contributed by atoms with Gasteiger partial charge in [0.2, 0.25) is 5.91 Å². The number of nitrogens with zero attached hydrogens (tertiary/aromatic N) is 1. The fourth-order valence-corrected chi connectivity index (χ4v) is 10.2. The van der Waals surface area contributed by atoms with Crippen LogP contribution in [0.15, 0.2) is 24.3 Å². The van der Waals surface area contributed by atoms with Crippen LogP contribution in [0, 0.1) is 0 Å². The minimum Gasteiger partial charge on any atom is -0.756 e. The highest BCUT2D eigenvalue weighted by Crippen LogP contribution is 2.38. The van der Waals surface area contributed by atoms with E-state index in [2.05, 4.69) is 38.2 Å². The molecule has 0 bridgehead atoms. The number of ether oxygens (including phenoxy) is 1. The summed E-state index contributed by atoms with van der Waals surface area (Å²) in [7, 11) is 1.20. The van der Waals surface area contributed by atoms with Gasteiger partial charge in [-0.15, -0.1) is 0 Å². The SMILES string of the molecule is CCCCCCCC/C=C/CCCCCCCCCCCCCCCCCC(=O)OC(/C=C\CCCCCCCCCCC)C(COP(=O)([O-])OCC[N+](C)(C)C)NC(=O)CCCCCCCCCCCCC. The Morgan fingerprint density at radius 2 is 0.795 bits per heavy atom. The fourth-order valence-electron chi connectivity index (χ4n) is 9.46. The molecule has 0 radical (unpaired) electrons. The molecule has 0 aliphatic heterocycles. The van der Waals surface area contributed by atoms with Gasteiger partial charge in [0, 0.05) is 12.8 Å². The molecule has 0 aromatic heterocycles. The molecule has 0 aliphatic carbocycles. The number of rotatable bonds is 58. The number of likely N-dealkylation sites (N-methyl/N-ethyl adjacent to an activating group) is 1. The number of phosphoric ester groups is 1. The third-order valence-electron chi connectivity index (χ3n) is 14.4. The van der Waals surface area contributed by atoms with Gasteiger partial charge in [0.1, 0.15) is 19.3 Å². The van der Waals surface area contributed by atoms with Crippen molar-refractivity contribution in [1.82, 2.24) is 5.32 Å². The van der Waals surface area contributed by atoms with Crippen molar-refractivity contribution < 1.29 is 37.3 Å². The van der Waals surface area contributed by atoms with Crippen molar-refractivity contribution in [2.45, 2.75) is 328 Å². The lowest BCUT2D eigenvalue weighted by molar-refractivity contribution is -0.870. The maximum Gasteiger partial charge on any atom is 0.306 e. The molecule has 0 aromatic carbocycles. The second-order valence-electron chi connectivity index (χ2n) is 22.9. The molecular weight excluding hydrogens is 928 g/mol. The van der Waals surface area contributed by atoms with Gasteiger partial charge in [-0.3, -0.25) is 14.2 Å². The average molecular weight is 1050 g/mol. The van der Waals surface area contributed by atoms with E-state index < -0.39 is 20.0 Å². The van der Waals surface area contributed by atoms with Gasteiger partial charge in [0.05, 0.1) is 33.8 Å². The summed E-state index contributed by atoms with van der Waals surface area (Å²) in [5.74, 6) is -0.527. The van der Waals surface area contributed by atoms with E-state index in [0.29, 0.717) is 17.4 Å². The minimum absolute atomic E-state index is 0.0184. The maximum atomic E-state index is 13.5. The number of phosphoric acid groups is 1. The predicted molar refractivity (Wildman–Crippen MR) is 312 cm³/mol. The lowest BCUT2D eigenvalue weighted by Gasteiger charge is -2.30. The predicted octanol–water partition coefficient (Wildman–Crippen LogP) is 18.7. The Labute approximate surface area is 454 Å². The molecule has 1 amide bonds. The van der Waals surface area contributed by atoms with Crippen molar-refractivity contribution in [2.24, 2.45) is 0 Å². The van der Waals surface area contributed by atoms with Crippen molar-refractivity contribution in [2.75, 3.05) is 40.9 Å². The Morgan fingerprint density at radius 1 is 0.466 bits per heavy atom. The van der Waals surface area contributed by atoms with Gasteiger partial charge in [-0.25, -0.2) is 0 Å². The molecular formula is C63H123N2O7P. The van der Waals surface area contributed by atoms with E-state index in [1.165, 1.54) is 225 Å². The van der Waals surface area contributed by atoms with Crippen LogP contribution in [0.5, 0.6) is 0 Å². The molecule has 3 atom stereocenters. The fraction of sp³-hybridized carbons (Fsp3) is 0.905. The minimum atomic E-state index is -4.69. The number of hydrogen-bond acceptors (Lipinski definition) is 7. The number of amides is 1. The highest BCUT2D eigenvalue weighted by atomic mass is 31.2. The summed E-state index contributed by atoms with van der Waals surface area (Å²) in [5.41, 5.74) is 0. The number of carbonyl (C=O) groups excluding carboxylic acids is 2. The van der Waals surface area contributed by atoms with E-state index in [1.807, 2.05) is 33.3 Å². The normalized spacial score (nSPS) is 13.8. The van der Waals surface area contributed by atoms with Crippen LogP contribution >= 0.6 is 7.82 Å². The molecule has 0 saturated heterocycles. The van der Waals surface area contributed by atoms with Gasteiger partial charge in [-0.05, 0) is 57.4 Å². The maximum absolute atomic E-state index is 13.5. The van der Waals surface area contributed by atoms with E-state index in [0.717, 1.165) is 57.8 Å². The van der Waals surface area contributed by atoms with Crippen LogP contribution in [0.3, 0.4) is 0 Å². The Hall–Kier alpha value is -1.51. The van der Waals surface area contributed by atoms with E-state index in [9.17, 15) is 19.0 Å². The van der Waals surface area contributed by atoms with Crippen molar-refractivity contribution in [1.29, 1.82) is 0 Å². The van der Waals surface area contributed by atoms with Crippen LogP contribution in [0.4, 0.5) is 0 Å². The average Bonchev–Trinajstić information content (AvgIpc) is 3.35. The van der Waals surface area contributed by atoms with Gasteiger partial charge in [0.15, 0.2) is 0 Å². The van der Waals surface area contributed by atoms with Crippen molar-refractivity contribution >= 4 is 19.7 Å². The number of allylic oxidation sites excluding steroid dienone is 3. The first-order valence-corrected chi connectivity index (χ1v) is 33.1. The van der Waals surface area contributed by atoms with Gasteiger partial charge in [0.25, 0.3) is 7.82 Å². The number of esters is 1. The van der Waals surface area contributed by atoms with E-state index >= 15 is 0 Å². The quantitative estimate of drug-likeness (QED) is 0.0212. The number of hydrogen-bond donors (Lipinski definition) is 1. The first-order valence-electron chi connectivity index (χ1n) is 31.6. The van der Waals surface area contributed by atoms with Crippen LogP contribution in [0.1, 0.15) is 316 Å². The number of carbonyl (C=O) groups is 2. The van der Waals surface area contributed by atoms with E-state index in [-0.39, 0.29) is 31.5 Å². The number of nitrogens with one attached hydrogen (secondary N) is 1. The first kappa shape index (κ1) is 71.5. The molecule has 73 heavy (non-hydrogen) atoms. The van der Waals surface area contributed by atoms with Crippen LogP contribution in [0.25, 0.3) is 0 Å². The highest BCUT2D eigenvalue weighted by Gasteiger charge is 2.27. The second kappa shape index (κ2) is 53.9. The third-order valence-corrected chi connectivity index (χ3v) is 15.3. The zero-order chi connectivity index (χ0) is 53.6. The Kier molecular flexibility index (Phi) is 52.8.